The Hall–Kier alpha value is -3.20. The predicted molar refractivity (Wildman–Crippen MR) is 109 cm³/mol. The van der Waals surface area contributed by atoms with Crippen LogP contribution in [0.25, 0.3) is 0 Å². The summed E-state index contributed by atoms with van der Waals surface area (Å²) in [4.78, 5) is 22.6. The van der Waals surface area contributed by atoms with Crippen LogP contribution in [0.5, 0.6) is 11.5 Å². The van der Waals surface area contributed by atoms with E-state index < -0.39 is 16.9 Å². The fourth-order valence-corrected chi connectivity index (χ4v) is 2.49. The normalized spacial score (nSPS) is 11.6. The first-order valence-corrected chi connectivity index (χ1v) is 8.98. The van der Waals surface area contributed by atoms with Crippen LogP contribution in [-0.4, -0.2) is 29.8 Å². The Labute approximate surface area is 170 Å². The second kappa shape index (κ2) is 10.2. The molecule has 8 nitrogen and oxygen atoms in total. The Balaban J connectivity index is 2.03. The van der Waals surface area contributed by atoms with E-state index in [-0.39, 0.29) is 11.4 Å². The molecule has 2 rings (SSSR count). The number of nitrogens with one attached hydrogen (secondary N) is 1. The summed E-state index contributed by atoms with van der Waals surface area (Å²) >= 11 is 3.36. The van der Waals surface area contributed by atoms with Crippen LogP contribution in [0, 0.1) is 10.1 Å². The molecule has 9 heteroatoms. The highest BCUT2D eigenvalue weighted by molar-refractivity contribution is 9.10. The SMILES string of the molecule is C=CCOc1ccc(Br)cc1/C=N\NC(=O)[C@H](C)Oc1ccccc1[N+](=O)[O-]. The molecule has 0 fully saturated rings. The summed E-state index contributed by atoms with van der Waals surface area (Å²) in [6.45, 7) is 5.40. The van der Waals surface area contributed by atoms with Gasteiger partial charge in [-0.1, -0.05) is 40.7 Å². The number of amides is 1. The van der Waals surface area contributed by atoms with E-state index in [1.807, 2.05) is 6.07 Å². The first-order valence-electron chi connectivity index (χ1n) is 8.18. The summed E-state index contributed by atoms with van der Waals surface area (Å²) in [5, 5.41) is 14.9. The Bertz CT molecular complexity index is 901. The number of hydrogen-bond donors (Lipinski definition) is 1. The Morgan fingerprint density at radius 1 is 1.36 bits per heavy atom. The van der Waals surface area contributed by atoms with Crippen molar-refractivity contribution < 1.29 is 19.2 Å². The zero-order valence-corrected chi connectivity index (χ0v) is 16.6. The topological polar surface area (TPSA) is 103 Å². The van der Waals surface area contributed by atoms with E-state index in [4.69, 9.17) is 9.47 Å². The minimum absolute atomic E-state index is 0.00577. The average Bonchev–Trinajstić information content (AvgIpc) is 2.67. The van der Waals surface area contributed by atoms with Crippen molar-refractivity contribution >= 4 is 33.7 Å². The van der Waals surface area contributed by atoms with Crippen LogP contribution in [0.4, 0.5) is 5.69 Å². The van der Waals surface area contributed by atoms with Crippen LogP contribution in [0.15, 0.2) is 64.7 Å². The molecule has 0 heterocycles. The van der Waals surface area contributed by atoms with Gasteiger partial charge in [-0.05, 0) is 31.2 Å². The Morgan fingerprint density at radius 3 is 2.82 bits per heavy atom. The number of carbonyl (C=O) groups excluding carboxylic acids is 1. The molecule has 28 heavy (non-hydrogen) atoms. The van der Waals surface area contributed by atoms with Crippen LogP contribution in [0.3, 0.4) is 0 Å². The standard InChI is InChI=1S/C19H18BrN3O5/c1-3-10-27-17-9-8-15(20)11-14(17)12-21-22-19(24)13(2)28-18-7-5-4-6-16(18)23(25)26/h3-9,11-13H,1,10H2,2H3,(H,22,24)/b21-12-/t13-/m0/s1. The maximum Gasteiger partial charge on any atom is 0.310 e. The number of para-hydroxylation sites is 2. The molecule has 0 aromatic heterocycles. The number of rotatable bonds is 9. The van der Waals surface area contributed by atoms with E-state index in [0.717, 1.165) is 4.47 Å². The van der Waals surface area contributed by atoms with Crippen molar-refractivity contribution in [3.8, 4) is 11.5 Å². The largest absolute Gasteiger partial charge is 0.489 e. The van der Waals surface area contributed by atoms with E-state index in [1.54, 1.807) is 24.3 Å². The van der Waals surface area contributed by atoms with Gasteiger partial charge in [-0.2, -0.15) is 5.10 Å². The van der Waals surface area contributed by atoms with E-state index in [2.05, 4.69) is 33.0 Å². The number of nitro groups is 1. The van der Waals surface area contributed by atoms with Gasteiger partial charge in [-0.25, -0.2) is 5.43 Å². The number of carbonyl (C=O) groups is 1. The molecule has 0 aliphatic rings. The predicted octanol–water partition coefficient (Wildman–Crippen LogP) is 3.84. The lowest BCUT2D eigenvalue weighted by Gasteiger charge is -2.13. The molecular formula is C19H18BrN3O5. The van der Waals surface area contributed by atoms with Crippen LogP contribution >= 0.6 is 15.9 Å². The molecule has 0 aliphatic carbocycles. The highest BCUT2D eigenvalue weighted by Crippen LogP contribution is 2.26. The lowest BCUT2D eigenvalue weighted by Crippen LogP contribution is -2.33. The van der Waals surface area contributed by atoms with Gasteiger partial charge in [0.1, 0.15) is 12.4 Å². The number of ether oxygens (including phenoxy) is 2. The second-order valence-corrected chi connectivity index (χ2v) is 6.42. The van der Waals surface area contributed by atoms with E-state index >= 15 is 0 Å². The number of nitro benzene ring substituents is 1. The van der Waals surface area contributed by atoms with Crippen molar-refractivity contribution in [2.75, 3.05) is 6.61 Å². The van der Waals surface area contributed by atoms with Crippen LogP contribution < -0.4 is 14.9 Å². The first-order chi connectivity index (χ1) is 13.4. The molecule has 0 aliphatic heterocycles. The van der Waals surface area contributed by atoms with Crippen molar-refractivity contribution in [3.05, 3.63) is 75.3 Å². The summed E-state index contributed by atoms with van der Waals surface area (Å²) in [6.07, 6.45) is 2.06. The monoisotopic (exact) mass is 447 g/mol. The molecule has 2 aromatic rings. The second-order valence-electron chi connectivity index (χ2n) is 5.50. The molecule has 0 saturated carbocycles. The minimum atomic E-state index is -0.989. The van der Waals surface area contributed by atoms with E-state index in [0.29, 0.717) is 17.9 Å². The van der Waals surface area contributed by atoms with Gasteiger partial charge < -0.3 is 9.47 Å². The lowest BCUT2D eigenvalue weighted by molar-refractivity contribution is -0.386. The molecule has 0 radical (unpaired) electrons. The number of hydrogen-bond acceptors (Lipinski definition) is 6. The van der Waals surface area contributed by atoms with E-state index in [1.165, 1.54) is 31.3 Å². The van der Waals surface area contributed by atoms with Gasteiger partial charge in [-0.15, -0.1) is 0 Å². The zero-order chi connectivity index (χ0) is 20.5. The van der Waals surface area contributed by atoms with Gasteiger partial charge in [0.25, 0.3) is 5.91 Å². The Morgan fingerprint density at radius 2 is 2.11 bits per heavy atom. The summed E-state index contributed by atoms with van der Waals surface area (Å²) in [6, 6.07) is 11.2. The molecule has 2 aromatic carbocycles. The van der Waals surface area contributed by atoms with Gasteiger partial charge in [0.2, 0.25) is 0 Å². The zero-order valence-electron chi connectivity index (χ0n) is 15.0. The molecule has 1 N–H and O–H groups in total. The smallest absolute Gasteiger partial charge is 0.310 e. The van der Waals surface area contributed by atoms with Crippen molar-refractivity contribution in [2.45, 2.75) is 13.0 Å². The molecule has 0 saturated heterocycles. The lowest BCUT2D eigenvalue weighted by atomic mass is 10.2. The number of hydrazone groups is 1. The molecule has 146 valence electrons. The van der Waals surface area contributed by atoms with Crippen molar-refractivity contribution in [2.24, 2.45) is 5.10 Å². The minimum Gasteiger partial charge on any atom is -0.489 e. The molecule has 0 unspecified atom stereocenters. The third-order valence-corrected chi connectivity index (χ3v) is 3.94. The third kappa shape index (κ3) is 5.92. The molecule has 1 atom stereocenters. The van der Waals surface area contributed by atoms with Gasteiger partial charge in [0.15, 0.2) is 11.9 Å². The number of nitrogens with zero attached hydrogens (tertiary/aromatic N) is 2. The van der Waals surface area contributed by atoms with Gasteiger partial charge in [-0.3, -0.25) is 14.9 Å². The molecular weight excluding hydrogens is 430 g/mol. The fourth-order valence-electron chi connectivity index (χ4n) is 2.11. The number of benzene rings is 2. The van der Waals surface area contributed by atoms with Crippen molar-refractivity contribution in [3.63, 3.8) is 0 Å². The van der Waals surface area contributed by atoms with E-state index in [9.17, 15) is 14.9 Å². The molecule has 0 bridgehead atoms. The average molecular weight is 448 g/mol. The fraction of sp³-hybridized carbons (Fsp3) is 0.158. The molecule has 1 amide bonds. The highest BCUT2D eigenvalue weighted by atomic mass is 79.9. The van der Waals surface area contributed by atoms with Crippen LogP contribution in [0.1, 0.15) is 12.5 Å². The highest BCUT2D eigenvalue weighted by Gasteiger charge is 2.20. The van der Waals surface area contributed by atoms with Crippen molar-refractivity contribution in [1.29, 1.82) is 0 Å². The quantitative estimate of drug-likeness (QED) is 0.272. The van der Waals surface area contributed by atoms with Crippen LogP contribution in [0.2, 0.25) is 0 Å². The van der Waals surface area contributed by atoms with Crippen LogP contribution in [-0.2, 0) is 4.79 Å². The molecule has 0 spiro atoms. The summed E-state index contributed by atoms with van der Waals surface area (Å²) in [5.74, 6) is 0.0227. The number of halogens is 1. The van der Waals surface area contributed by atoms with Gasteiger partial charge in [0, 0.05) is 16.1 Å². The maximum atomic E-state index is 12.2. The van der Waals surface area contributed by atoms with Gasteiger partial charge >= 0.3 is 5.69 Å². The summed E-state index contributed by atoms with van der Waals surface area (Å²) in [5.41, 5.74) is 2.77. The summed E-state index contributed by atoms with van der Waals surface area (Å²) < 4.78 is 11.7. The maximum absolute atomic E-state index is 12.2. The Kier molecular flexibility index (Phi) is 7.70. The summed E-state index contributed by atoms with van der Waals surface area (Å²) in [7, 11) is 0. The van der Waals surface area contributed by atoms with Gasteiger partial charge in [0.05, 0.1) is 11.1 Å². The third-order valence-electron chi connectivity index (χ3n) is 3.44. The van der Waals surface area contributed by atoms with Crippen molar-refractivity contribution in [1.82, 2.24) is 5.43 Å². The first kappa shape index (κ1) is 21.1.